The molecule has 1 aromatic carbocycles. The molecule has 7 nitrogen and oxygen atoms in total. The van der Waals surface area contributed by atoms with Crippen molar-refractivity contribution < 1.29 is 9.53 Å². The van der Waals surface area contributed by atoms with Crippen LogP contribution < -0.4 is 5.32 Å². The third-order valence-electron chi connectivity index (χ3n) is 4.66. The fraction of sp³-hybridized carbons (Fsp3) is 0.211. The third-order valence-corrected chi connectivity index (χ3v) is 4.66. The summed E-state index contributed by atoms with van der Waals surface area (Å²) in [7, 11) is 0. The largest absolute Gasteiger partial charge is 0.370 e. The van der Waals surface area contributed by atoms with Crippen LogP contribution >= 0.6 is 0 Å². The molecule has 1 saturated heterocycles. The van der Waals surface area contributed by atoms with E-state index >= 15 is 0 Å². The highest BCUT2D eigenvalue weighted by Gasteiger charge is 2.21. The van der Waals surface area contributed by atoms with Crippen molar-refractivity contribution >= 4 is 28.1 Å². The van der Waals surface area contributed by atoms with Crippen molar-refractivity contribution in [2.24, 2.45) is 0 Å². The van der Waals surface area contributed by atoms with Crippen LogP contribution in [0.2, 0.25) is 0 Å². The highest BCUT2D eigenvalue weighted by molar-refractivity contribution is 6.09. The van der Waals surface area contributed by atoms with Crippen LogP contribution in [0.25, 0.3) is 16.6 Å². The van der Waals surface area contributed by atoms with Gasteiger partial charge in [0.15, 0.2) is 0 Å². The van der Waals surface area contributed by atoms with E-state index in [0.717, 1.165) is 41.8 Å². The molecule has 1 fully saturated rings. The van der Waals surface area contributed by atoms with Crippen molar-refractivity contribution in [1.29, 1.82) is 0 Å². The molecule has 0 saturated carbocycles. The molecule has 3 aromatic heterocycles. The van der Waals surface area contributed by atoms with Crippen LogP contribution in [0.4, 0.5) is 5.69 Å². The number of nitrogens with zero attached hydrogens (tertiary/aromatic N) is 3. The molecule has 7 heteroatoms. The van der Waals surface area contributed by atoms with Crippen LogP contribution in [0.3, 0.4) is 0 Å². The lowest BCUT2D eigenvalue weighted by Gasteiger charge is -2.04. The molecule has 4 aromatic rings. The number of carbonyl (C=O) groups is 1. The Balaban J connectivity index is 1.42. The van der Waals surface area contributed by atoms with Crippen molar-refractivity contribution in [1.82, 2.24) is 19.6 Å². The summed E-state index contributed by atoms with van der Waals surface area (Å²) in [6.07, 6.45) is 5.48. The zero-order valence-electron chi connectivity index (χ0n) is 14.0. The molecule has 1 amide bonds. The van der Waals surface area contributed by atoms with Gasteiger partial charge in [0.1, 0.15) is 11.9 Å². The Hall–Kier alpha value is -3.19. The quantitative estimate of drug-likeness (QED) is 0.595. The summed E-state index contributed by atoms with van der Waals surface area (Å²) < 4.78 is 7.36. The smallest absolute Gasteiger partial charge is 0.259 e. The summed E-state index contributed by atoms with van der Waals surface area (Å²) in [6, 6.07) is 11.3. The number of carbonyl (C=O) groups excluding carboxylic acids is 1. The minimum Gasteiger partial charge on any atom is -0.370 e. The Bertz CT molecular complexity index is 1110. The minimum atomic E-state index is -0.190. The van der Waals surface area contributed by atoms with Gasteiger partial charge in [0, 0.05) is 18.5 Å². The predicted octanol–water partition coefficient (Wildman–Crippen LogP) is 3.31. The number of aromatic nitrogens is 4. The second-order valence-electron chi connectivity index (χ2n) is 6.40. The van der Waals surface area contributed by atoms with Gasteiger partial charge in [-0.15, -0.1) is 0 Å². The molecule has 1 aliphatic heterocycles. The van der Waals surface area contributed by atoms with Gasteiger partial charge in [0.05, 0.1) is 28.3 Å². The van der Waals surface area contributed by atoms with E-state index in [0.29, 0.717) is 11.3 Å². The SMILES string of the molecule is O=C(Nc1ccc2nc([C@H]3CCCO3)[nH]c2c1)c1cnn2ccccc12. The number of fused-ring (bicyclic) bond motifs is 2. The Kier molecular flexibility index (Phi) is 3.46. The molecule has 130 valence electrons. The van der Waals surface area contributed by atoms with Gasteiger partial charge >= 0.3 is 0 Å². The van der Waals surface area contributed by atoms with Gasteiger partial charge in [-0.2, -0.15) is 5.10 Å². The lowest BCUT2D eigenvalue weighted by molar-refractivity contribution is 0.102. The Morgan fingerprint density at radius 3 is 3.15 bits per heavy atom. The molecule has 4 heterocycles. The molecule has 1 atom stereocenters. The molecule has 26 heavy (non-hydrogen) atoms. The van der Waals surface area contributed by atoms with Crippen LogP contribution in [-0.2, 0) is 4.74 Å². The molecular weight excluding hydrogens is 330 g/mol. The maximum Gasteiger partial charge on any atom is 0.259 e. The van der Waals surface area contributed by atoms with Crippen LogP contribution in [-0.4, -0.2) is 32.1 Å². The Morgan fingerprint density at radius 1 is 1.31 bits per heavy atom. The lowest BCUT2D eigenvalue weighted by atomic mass is 10.2. The number of hydrogen-bond acceptors (Lipinski definition) is 4. The fourth-order valence-corrected chi connectivity index (χ4v) is 3.36. The molecule has 1 aliphatic rings. The number of ether oxygens (including phenoxy) is 1. The van der Waals surface area contributed by atoms with E-state index in [2.05, 4.69) is 20.4 Å². The first-order valence-electron chi connectivity index (χ1n) is 8.63. The number of rotatable bonds is 3. The van der Waals surface area contributed by atoms with Crippen LogP contribution in [0, 0.1) is 0 Å². The third kappa shape index (κ3) is 2.53. The summed E-state index contributed by atoms with van der Waals surface area (Å²) in [4.78, 5) is 20.5. The fourth-order valence-electron chi connectivity index (χ4n) is 3.36. The standard InChI is InChI=1S/C19H17N5O2/c25-19(13-11-20-24-8-2-1-4-16(13)24)21-12-6-7-14-15(10-12)23-18(22-14)17-5-3-9-26-17/h1-2,4,6-8,10-11,17H,3,5,9H2,(H,21,25)(H,22,23)/t17-/m1/s1. The molecule has 0 bridgehead atoms. The van der Waals surface area contributed by atoms with E-state index in [1.54, 1.807) is 10.7 Å². The van der Waals surface area contributed by atoms with E-state index in [4.69, 9.17) is 4.74 Å². The summed E-state index contributed by atoms with van der Waals surface area (Å²) >= 11 is 0. The molecule has 0 unspecified atom stereocenters. The number of pyridine rings is 1. The first kappa shape index (κ1) is 15.1. The molecule has 2 N–H and O–H groups in total. The number of nitrogens with one attached hydrogen (secondary N) is 2. The Labute approximate surface area is 149 Å². The van der Waals surface area contributed by atoms with Crippen LogP contribution in [0.1, 0.15) is 35.1 Å². The molecule has 0 aliphatic carbocycles. The van der Waals surface area contributed by atoms with Gasteiger partial charge in [-0.1, -0.05) is 6.07 Å². The predicted molar refractivity (Wildman–Crippen MR) is 97.2 cm³/mol. The average Bonchev–Trinajstić information content (AvgIpc) is 3.39. The summed E-state index contributed by atoms with van der Waals surface area (Å²) in [5, 5.41) is 7.14. The Morgan fingerprint density at radius 2 is 2.27 bits per heavy atom. The average molecular weight is 347 g/mol. The van der Waals surface area contributed by atoms with Gasteiger partial charge in [0.2, 0.25) is 0 Å². The maximum atomic E-state index is 12.6. The topological polar surface area (TPSA) is 84.3 Å². The number of benzene rings is 1. The van der Waals surface area contributed by atoms with Crippen molar-refractivity contribution in [3.05, 3.63) is 60.2 Å². The normalized spacial score (nSPS) is 17.2. The zero-order valence-corrected chi connectivity index (χ0v) is 14.0. The maximum absolute atomic E-state index is 12.6. The number of imidazole rings is 1. The molecule has 0 spiro atoms. The van der Waals surface area contributed by atoms with E-state index < -0.39 is 0 Å². The van der Waals surface area contributed by atoms with Crippen molar-refractivity contribution in [2.75, 3.05) is 11.9 Å². The highest BCUT2D eigenvalue weighted by Crippen LogP contribution is 2.28. The number of hydrogen-bond donors (Lipinski definition) is 2. The monoisotopic (exact) mass is 347 g/mol. The van der Waals surface area contributed by atoms with Gasteiger partial charge in [-0.25, -0.2) is 9.50 Å². The summed E-state index contributed by atoms with van der Waals surface area (Å²) in [5.41, 5.74) is 3.77. The van der Waals surface area contributed by atoms with Gasteiger partial charge in [0.25, 0.3) is 5.91 Å². The van der Waals surface area contributed by atoms with Gasteiger partial charge in [-0.3, -0.25) is 4.79 Å². The van der Waals surface area contributed by atoms with Crippen molar-refractivity contribution in [3.63, 3.8) is 0 Å². The molecular formula is C19H17N5O2. The zero-order chi connectivity index (χ0) is 17.5. The van der Waals surface area contributed by atoms with E-state index in [1.807, 2.05) is 42.6 Å². The van der Waals surface area contributed by atoms with E-state index in [-0.39, 0.29) is 12.0 Å². The number of H-pyrrole nitrogens is 1. The first-order valence-corrected chi connectivity index (χ1v) is 8.63. The number of aromatic amines is 1. The van der Waals surface area contributed by atoms with Crippen LogP contribution in [0.5, 0.6) is 0 Å². The van der Waals surface area contributed by atoms with E-state index in [9.17, 15) is 4.79 Å². The molecule has 0 radical (unpaired) electrons. The first-order chi connectivity index (χ1) is 12.8. The lowest BCUT2D eigenvalue weighted by Crippen LogP contribution is -2.11. The van der Waals surface area contributed by atoms with Crippen LogP contribution in [0.15, 0.2) is 48.8 Å². The second kappa shape index (κ2) is 5.96. The van der Waals surface area contributed by atoms with Crippen molar-refractivity contribution in [2.45, 2.75) is 18.9 Å². The minimum absolute atomic E-state index is 0.0409. The van der Waals surface area contributed by atoms with Gasteiger partial charge < -0.3 is 15.0 Å². The number of amides is 1. The second-order valence-corrected chi connectivity index (χ2v) is 6.40. The molecule has 5 rings (SSSR count). The van der Waals surface area contributed by atoms with Gasteiger partial charge in [-0.05, 0) is 43.2 Å². The summed E-state index contributed by atoms with van der Waals surface area (Å²) in [5.74, 6) is 0.660. The summed E-state index contributed by atoms with van der Waals surface area (Å²) in [6.45, 7) is 0.780. The van der Waals surface area contributed by atoms with Crippen molar-refractivity contribution in [3.8, 4) is 0 Å². The van der Waals surface area contributed by atoms with E-state index in [1.165, 1.54) is 0 Å². The highest BCUT2D eigenvalue weighted by atomic mass is 16.5. The number of anilines is 1.